The highest BCUT2D eigenvalue weighted by atomic mass is 16.5. The first-order chi connectivity index (χ1) is 9.90. The molecular weight excluding hydrogens is 272 g/mol. The minimum absolute atomic E-state index is 0.171. The molecule has 2 amide bonds. The number of rotatable bonds is 4. The number of hydrogen-bond acceptors (Lipinski definition) is 5. The van der Waals surface area contributed by atoms with Crippen molar-refractivity contribution in [2.24, 2.45) is 0 Å². The molecule has 0 unspecified atom stereocenters. The Morgan fingerprint density at radius 3 is 2.05 bits per heavy atom. The Morgan fingerprint density at radius 2 is 1.57 bits per heavy atom. The molecule has 0 radical (unpaired) electrons. The Bertz CT molecular complexity index is 606. The van der Waals surface area contributed by atoms with Gasteiger partial charge in [-0.25, -0.2) is 4.79 Å². The summed E-state index contributed by atoms with van der Waals surface area (Å²) in [6.45, 7) is 8.23. The topological polar surface area (TPSA) is 84.4 Å². The molecule has 7 nitrogen and oxygen atoms in total. The van der Waals surface area contributed by atoms with Gasteiger partial charge in [-0.3, -0.25) is 0 Å². The molecule has 21 heavy (non-hydrogen) atoms. The predicted octanol–water partition coefficient (Wildman–Crippen LogP) is 2.24. The number of aromatic nitrogens is 2. The smallest absolute Gasteiger partial charge is 0.317 e. The Labute approximate surface area is 123 Å². The average Bonchev–Trinajstić information content (AvgIpc) is 2.93. The van der Waals surface area contributed by atoms with Gasteiger partial charge in [-0.05, 0) is 27.7 Å². The molecule has 0 spiro atoms. The van der Waals surface area contributed by atoms with Gasteiger partial charge in [0.1, 0.15) is 11.5 Å². The molecule has 0 bridgehead atoms. The lowest BCUT2D eigenvalue weighted by molar-refractivity contribution is 0.206. The molecule has 0 atom stereocenters. The summed E-state index contributed by atoms with van der Waals surface area (Å²) < 4.78 is 10.2. The van der Waals surface area contributed by atoms with Crippen LogP contribution < -0.4 is 5.32 Å². The summed E-state index contributed by atoms with van der Waals surface area (Å²) in [5.41, 5.74) is 3.44. The van der Waals surface area contributed by atoms with E-state index in [-0.39, 0.29) is 6.03 Å². The van der Waals surface area contributed by atoms with Gasteiger partial charge in [0, 0.05) is 24.7 Å². The van der Waals surface area contributed by atoms with Crippen molar-refractivity contribution in [3.05, 3.63) is 34.0 Å². The predicted molar refractivity (Wildman–Crippen MR) is 75.7 cm³/mol. The van der Waals surface area contributed by atoms with Crippen LogP contribution in [-0.4, -0.2) is 28.3 Å². The SMILES string of the molecule is Cc1noc(C)c1CNC(=O)N(C)Cc1c(C)noc1C. The number of aryl methyl sites for hydroxylation is 4. The van der Waals surface area contributed by atoms with Crippen molar-refractivity contribution in [2.75, 3.05) is 7.05 Å². The zero-order valence-corrected chi connectivity index (χ0v) is 13.0. The van der Waals surface area contributed by atoms with Crippen LogP contribution in [0.3, 0.4) is 0 Å². The molecule has 114 valence electrons. The molecule has 0 aliphatic carbocycles. The molecular formula is C14H20N4O3. The van der Waals surface area contributed by atoms with Crippen molar-refractivity contribution in [3.63, 3.8) is 0 Å². The molecule has 0 saturated heterocycles. The van der Waals surface area contributed by atoms with Crippen LogP contribution in [0.2, 0.25) is 0 Å². The number of carbonyl (C=O) groups is 1. The van der Waals surface area contributed by atoms with Crippen LogP contribution in [0.4, 0.5) is 4.79 Å². The maximum Gasteiger partial charge on any atom is 0.317 e. The van der Waals surface area contributed by atoms with Gasteiger partial charge in [-0.15, -0.1) is 0 Å². The molecule has 7 heteroatoms. The lowest BCUT2D eigenvalue weighted by Crippen LogP contribution is -2.36. The van der Waals surface area contributed by atoms with Crippen LogP contribution in [-0.2, 0) is 13.1 Å². The van der Waals surface area contributed by atoms with Crippen molar-refractivity contribution in [3.8, 4) is 0 Å². The molecule has 2 aromatic rings. The minimum atomic E-state index is -0.171. The van der Waals surface area contributed by atoms with Crippen molar-refractivity contribution in [1.82, 2.24) is 20.5 Å². The molecule has 2 rings (SSSR count). The zero-order chi connectivity index (χ0) is 15.6. The van der Waals surface area contributed by atoms with Crippen LogP contribution in [0.5, 0.6) is 0 Å². The van der Waals surface area contributed by atoms with E-state index in [4.69, 9.17) is 9.05 Å². The summed E-state index contributed by atoms with van der Waals surface area (Å²) in [6, 6.07) is -0.171. The van der Waals surface area contributed by atoms with Crippen molar-refractivity contribution >= 4 is 6.03 Å². The molecule has 0 aromatic carbocycles. The fourth-order valence-electron chi connectivity index (χ4n) is 2.09. The highest BCUT2D eigenvalue weighted by molar-refractivity contribution is 5.73. The second-order valence-electron chi connectivity index (χ2n) is 5.12. The summed E-state index contributed by atoms with van der Waals surface area (Å²) in [5.74, 6) is 1.46. The van der Waals surface area contributed by atoms with Gasteiger partial charge in [-0.1, -0.05) is 10.3 Å². The van der Waals surface area contributed by atoms with Gasteiger partial charge >= 0.3 is 6.03 Å². The van der Waals surface area contributed by atoms with Crippen molar-refractivity contribution in [1.29, 1.82) is 0 Å². The van der Waals surface area contributed by atoms with E-state index in [0.29, 0.717) is 13.1 Å². The van der Waals surface area contributed by atoms with Gasteiger partial charge in [0.05, 0.1) is 17.9 Å². The Balaban J connectivity index is 1.94. The van der Waals surface area contributed by atoms with E-state index < -0.39 is 0 Å². The van der Waals surface area contributed by atoms with Crippen molar-refractivity contribution in [2.45, 2.75) is 40.8 Å². The largest absolute Gasteiger partial charge is 0.361 e. The molecule has 2 heterocycles. The summed E-state index contributed by atoms with van der Waals surface area (Å²) >= 11 is 0. The van der Waals surface area contributed by atoms with Crippen LogP contribution in [0.1, 0.15) is 34.0 Å². The van der Waals surface area contributed by atoms with Gasteiger partial charge in [0.25, 0.3) is 0 Å². The lowest BCUT2D eigenvalue weighted by Gasteiger charge is -2.17. The van der Waals surface area contributed by atoms with E-state index in [0.717, 1.165) is 34.0 Å². The van der Waals surface area contributed by atoms with E-state index in [1.165, 1.54) is 0 Å². The maximum atomic E-state index is 12.1. The Kier molecular flexibility index (Phi) is 4.30. The van der Waals surface area contributed by atoms with Crippen LogP contribution >= 0.6 is 0 Å². The van der Waals surface area contributed by atoms with E-state index in [1.807, 2.05) is 27.7 Å². The molecule has 0 fully saturated rings. The third-order valence-corrected chi connectivity index (χ3v) is 3.52. The van der Waals surface area contributed by atoms with Gasteiger partial charge < -0.3 is 19.3 Å². The first-order valence-electron chi connectivity index (χ1n) is 6.72. The van der Waals surface area contributed by atoms with Crippen LogP contribution in [0.25, 0.3) is 0 Å². The zero-order valence-electron chi connectivity index (χ0n) is 13.0. The molecule has 0 aliphatic heterocycles. The monoisotopic (exact) mass is 292 g/mol. The molecule has 2 aromatic heterocycles. The van der Waals surface area contributed by atoms with Crippen molar-refractivity contribution < 1.29 is 13.8 Å². The number of amides is 2. The van der Waals surface area contributed by atoms with E-state index >= 15 is 0 Å². The fraction of sp³-hybridized carbons (Fsp3) is 0.500. The van der Waals surface area contributed by atoms with E-state index in [1.54, 1.807) is 11.9 Å². The minimum Gasteiger partial charge on any atom is -0.361 e. The van der Waals surface area contributed by atoms with E-state index in [9.17, 15) is 4.79 Å². The second kappa shape index (κ2) is 5.99. The summed E-state index contributed by atoms with van der Waals surface area (Å²) in [7, 11) is 1.73. The van der Waals surface area contributed by atoms with Crippen LogP contribution in [0.15, 0.2) is 9.05 Å². The normalized spacial score (nSPS) is 10.7. The Morgan fingerprint density at radius 1 is 1.05 bits per heavy atom. The quantitative estimate of drug-likeness (QED) is 0.934. The van der Waals surface area contributed by atoms with Gasteiger partial charge in [0.15, 0.2) is 0 Å². The molecule has 0 saturated carbocycles. The van der Waals surface area contributed by atoms with Gasteiger partial charge in [0.2, 0.25) is 0 Å². The lowest BCUT2D eigenvalue weighted by atomic mass is 10.2. The number of nitrogens with one attached hydrogen (secondary N) is 1. The first kappa shape index (κ1) is 15.1. The molecule has 0 aliphatic rings. The maximum absolute atomic E-state index is 12.1. The Hall–Kier alpha value is -2.31. The van der Waals surface area contributed by atoms with Crippen LogP contribution in [0, 0.1) is 27.7 Å². The fourth-order valence-corrected chi connectivity index (χ4v) is 2.09. The summed E-state index contributed by atoms with van der Waals surface area (Å²) in [5, 5.41) is 10.6. The second-order valence-corrected chi connectivity index (χ2v) is 5.12. The van der Waals surface area contributed by atoms with Gasteiger partial charge in [-0.2, -0.15) is 0 Å². The summed E-state index contributed by atoms with van der Waals surface area (Å²) in [6.07, 6.45) is 0. The van der Waals surface area contributed by atoms with E-state index in [2.05, 4.69) is 15.6 Å². The summed E-state index contributed by atoms with van der Waals surface area (Å²) in [4.78, 5) is 13.7. The number of carbonyl (C=O) groups excluding carboxylic acids is 1. The first-order valence-corrected chi connectivity index (χ1v) is 6.72. The average molecular weight is 292 g/mol. The number of nitrogens with zero attached hydrogens (tertiary/aromatic N) is 3. The third kappa shape index (κ3) is 3.24. The highest BCUT2D eigenvalue weighted by Crippen LogP contribution is 2.15. The standard InChI is InChI=1S/C14H20N4O3/c1-8-12(10(3)20-16-8)6-15-14(19)18(5)7-13-9(2)17-21-11(13)4/h6-7H2,1-5H3,(H,15,19). The number of urea groups is 1. The number of hydrogen-bond donors (Lipinski definition) is 1. The molecule has 1 N–H and O–H groups in total. The third-order valence-electron chi connectivity index (χ3n) is 3.52. The highest BCUT2D eigenvalue weighted by Gasteiger charge is 2.16.